The molecule has 0 radical (unpaired) electrons. The van der Waals surface area contributed by atoms with Crippen LogP contribution in [0.15, 0.2) is 29.4 Å². The Hall–Kier alpha value is -1.59. The summed E-state index contributed by atoms with van der Waals surface area (Å²) in [7, 11) is 0. The lowest BCUT2D eigenvalue weighted by Gasteiger charge is -2.33. The SMILES string of the molecule is CC1(CNCc2cccc(/C(N)=N/O)c2)CCOCC1. The van der Waals surface area contributed by atoms with Crippen LogP contribution in [-0.2, 0) is 11.3 Å². The number of ether oxygens (including phenoxy) is 1. The summed E-state index contributed by atoms with van der Waals surface area (Å²) in [5.41, 5.74) is 7.79. The zero-order chi connectivity index (χ0) is 14.4. The molecule has 1 fully saturated rings. The van der Waals surface area contributed by atoms with Crippen molar-refractivity contribution < 1.29 is 9.94 Å². The molecule has 5 heteroatoms. The zero-order valence-electron chi connectivity index (χ0n) is 11.9. The van der Waals surface area contributed by atoms with Crippen LogP contribution in [0.2, 0.25) is 0 Å². The molecular formula is C15H23N3O2. The summed E-state index contributed by atoms with van der Waals surface area (Å²) < 4.78 is 5.41. The Morgan fingerprint density at radius 1 is 1.45 bits per heavy atom. The normalized spacial score (nSPS) is 18.9. The fraction of sp³-hybridized carbons (Fsp3) is 0.533. The van der Waals surface area contributed by atoms with Crippen LogP contribution in [0.3, 0.4) is 0 Å². The van der Waals surface area contributed by atoms with Gasteiger partial charge >= 0.3 is 0 Å². The van der Waals surface area contributed by atoms with Crippen LogP contribution in [0.25, 0.3) is 0 Å². The van der Waals surface area contributed by atoms with E-state index in [0.29, 0.717) is 5.41 Å². The third-order valence-electron chi connectivity index (χ3n) is 3.91. The molecule has 1 heterocycles. The molecule has 0 atom stereocenters. The van der Waals surface area contributed by atoms with Crippen molar-refractivity contribution in [2.45, 2.75) is 26.3 Å². The van der Waals surface area contributed by atoms with E-state index < -0.39 is 0 Å². The van der Waals surface area contributed by atoms with E-state index in [1.165, 1.54) is 0 Å². The first-order valence-electron chi connectivity index (χ1n) is 6.98. The Labute approximate surface area is 119 Å². The van der Waals surface area contributed by atoms with E-state index in [0.717, 1.165) is 50.3 Å². The highest BCUT2D eigenvalue weighted by molar-refractivity contribution is 5.97. The molecule has 5 nitrogen and oxygen atoms in total. The number of amidine groups is 1. The summed E-state index contributed by atoms with van der Waals surface area (Å²) in [5, 5.41) is 15.2. The molecule has 0 amide bonds. The fourth-order valence-electron chi connectivity index (χ4n) is 2.45. The number of nitrogens with two attached hydrogens (primary N) is 1. The first kappa shape index (κ1) is 14.8. The molecule has 0 bridgehead atoms. The number of rotatable bonds is 5. The summed E-state index contributed by atoms with van der Waals surface area (Å²) >= 11 is 0. The lowest BCUT2D eigenvalue weighted by Crippen LogP contribution is -2.36. The molecule has 0 spiro atoms. The third kappa shape index (κ3) is 3.95. The highest BCUT2D eigenvalue weighted by atomic mass is 16.5. The smallest absolute Gasteiger partial charge is 0.170 e. The minimum atomic E-state index is 0.142. The quantitative estimate of drug-likeness (QED) is 0.331. The van der Waals surface area contributed by atoms with Crippen LogP contribution < -0.4 is 11.1 Å². The number of benzene rings is 1. The summed E-state index contributed by atoms with van der Waals surface area (Å²) in [4.78, 5) is 0. The van der Waals surface area contributed by atoms with E-state index in [4.69, 9.17) is 15.7 Å². The van der Waals surface area contributed by atoms with Gasteiger partial charge < -0.3 is 21.0 Å². The lowest BCUT2D eigenvalue weighted by molar-refractivity contribution is 0.0240. The van der Waals surface area contributed by atoms with Crippen molar-refractivity contribution >= 4 is 5.84 Å². The number of oxime groups is 1. The summed E-state index contributed by atoms with van der Waals surface area (Å²) in [5.74, 6) is 0.142. The lowest BCUT2D eigenvalue weighted by atomic mass is 9.82. The largest absolute Gasteiger partial charge is 0.409 e. The standard InChI is InChI=1S/C15H23N3O2/c1-15(5-7-20-8-6-15)11-17-10-12-3-2-4-13(9-12)14(16)18-19/h2-4,9,17,19H,5-8,10-11H2,1H3,(H2,16,18). The Morgan fingerprint density at radius 2 is 2.20 bits per heavy atom. The van der Waals surface area contributed by atoms with E-state index in [-0.39, 0.29) is 5.84 Å². The molecule has 1 aromatic carbocycles. The van der Waals surface area contributed by atoms with Crippen LogP contribution >= 0.6 is 0 Å². The average molecular weight is 277 g/mol. The second kappa shape index (κ2) is 6.72. The van der Waals surface area contributed by atoms with Crippen LogP contribution in [0.4, 0.5) is 0 Å². The molecule has 2 rings (SSSR count). The monoisotopic (exact) mass is 277 g/mol. The van der Waals surface area contributed by atoms with Gasteiger partial charge in [-0.1, -0.05) is 30.3 Å². The van der Waals surface area contributed by atoms with Gasteiger partial charge in [-0.3, -0.25) is 0 Å². The van der Waals surface area contributed by atoms with E-state index >= 15 is 0 Å². The minimum Gasteiger partial charge on any atom is -0.409 e. The van der Waals surface area contributed by atoms with Crippen molar-refractivity contribution in [3.8, 4) is 0 Å². The molecule has 1 saturated heterocycles. The molecule has 1 aliphatic rings. The van der Waals surface area contributed by atoms with Gasteiger partial charge in [-0.15, -0.1) is 0 Å². The predicted molar refractivity (Wildman–Crippen MR) is 78.8 cm³/mol. The molecular weight excluding hydrogens is 254 g/mol. The molecule has 1 aromatic rings. The maximum Gasteiger partial charge on any atom is 0.170 e. The molecule has 0 aromatic heterocycles. The van der Waals surface area contributed by atoms with Crippen molar-refractivity contribution in [3.63, 3.8) is 0 Å². The van der Waals surface area contributed by atoms with E-state index in [1.807, 2.05) is 24.3 Å². The van der Waals surface area contributed by atoms with Crippen LogP contribution in [0, 0.1) is 5.41 Å². The first-order chi connectivity index (χ1) is 9.63. The van der Waals surface area contributed by atoms with Crippen molar-refractivity contribution in [3.05, 3.63) is 35.4 Å². The van der Waals surface area contributed by atoms with E-state index in [2.05, 4.69) is 17.4 Å². The van der Waals surface area contributed by atoms with Gasteiger partial charge in [0.05, 0.1) is 0 Å². The van der Waals surface area contributed by atoms with E-state index in [1.54, 1.807) is 0 Å². The van der Waals surface area contributed by atoms with Gasteiger partial charge in [0.1, 0.15) is 0 Å². The highest BCUT2D eigenvalue weighted by Crippen LogP contribution is 2.28. The van der Waals surface area contributed by atoms with Crippen LogP contribution in [0.5, 0.6) is 0 Å². The zero-order valence-corrected chi connectivity index (χ0v) is 11.9. The van der Waals surface area contributed by atoms with E-state index in [9.17, 15) is 0 Å². The average Bonchev–Trinajstić information content (AvgIpc) is 2.47. The van der Waals surface area contributed by atoms with Crippen molar-refractivity contribution in [2.75, 3.05) is 19.8 Å². The molecule has 1 aliphatic heterocycles. The van der Waals surface area contributed by atoms with Crippen molar-refractivity contribution in [1.82, 2.24) is 5.32 Å². The summed E-state index contributed by atoms with van der Waals surface area (Å²) in [6.07, 6.45) is 2.20. The maximum atomic E-state index is 8.69. The van der Waals surface area contributed by atoms with Gasteiger partial charge in [0.15, 0.2) is 5.84 Å². The first-order valence-corrected chi connectivity index (χ1v) is 6.98. The van der Waals surface area contributed by atoms with Gasteiger partial charge in [0.2, 0.25) is 0 Å². The summed E-state index contributed by atoms with van der Waals surface area (Å²) in [6.45, 7) is 5.77. The molecule has 0 unspecified atom stereocenters. The highest BCUT2D eigenvalue weighted by Gasteiger charge is 2.26. The second-order valence-corrected chi connectivity index (χ2v) is 5.71. The predicted octanol–water partition coefficient (Wildman–Crippen LogP) is 1.69. The number of nitrogens with one attached hydrogen (secondary N) is 1. The van der Waals surface area contributed by atoms with Gasteiger partial charge in [0.25, 0.3) is 0 Å². The van der Waals surface area contributed by atoms with Gasteiger partial charge in [-0.25, -0.2) is 0 Å². The number of hydrogen-bond donors (Lipinski definition) is 3. The molecule has 0 saturated carbocycles. The Kier molecular flexibility index (Phi) is 4.98. The second-order valence-electron chi connectivity index (χ2n) is 5.71. The van der Waals surface area contributed by atoms with Crippen LogP contribution in [-0.4, -0.2) is 30.8 Å². The Balaban J connectivity index is 1.88. The van der Waals surface area contributed by atoms with Crippen molar-refractivity contribution in [2.24, 2.45) is 16.3 Å². The summed E-state index contributed by atoms with van der Waals surface area (Å²) in [6, 6.07) is 7.72. The minimum absolute atomic E-state index is 0.142. The fourth-order valence-corrected chi connectivity index (χ4v) is 2.45. The van der Waals surface area contributed by atoms with Gasteiger partial charge in [-0.2, -0.15) is 0 Å². The van der Waals surface area contributed by atoms with Gasteiger partial charge in [-0.05, 0) is 29.9 Å². The number of nitrogens with zero attached hydrogens (tertiary/aromatic N) is 1. The molecule has 0 aliphatic carbocycles. The topological polar surface area (TPSA) is 79.9 Å². The van der Waals surface area contributed by atoms with Crippen LogP contribution in [0.1, 0.15) is 30.9 Å². The van der Waals surface area contributed by atoms with Crippen molar-refractivity contribution in [1.29, 1.82) is 0 Å². The Morgan fingerprint density at radius 3 is 2.90 bits per heavy atom. The number of hydrogen-bond acceptors (Lipinski definition) is 4. The molecule has 4 N–H and O–H groups in total. The van der Waals surface area contributed by atoms with Gasteiger partial charge in [0, 0.05) is 31.9 Å². The Bertz CT molecular complexity index is 468. The molecule has 20 heavy (non-hydrogen) atoms. The molecule has 110 valence electrons. The maximum absolute atomic E-state index is 8.69. The third-order valence-corrected chi connectivity index (χ3v) is 3.91.